The number of hydrogen-bond acceptors (Lipinski definition) is 5. The number of aliphatic imine (C=N–C) groups is 1. The molecule has 0 unspecified atom stereocenters. The van der Waals surface area contributed by atoms with Crippen molar-refractivity contribution in [2.45, 2.75) is 13.0 Å². The largest absolute Gasteiger partial charge is 0.758 e. The Kier molecular flexibility index (Phi) is 6.08. The fourth-order valence-corrected chi connectivity index (χ4v) is 2.63. The second-order valence-corrected chi connectivity index (χ2v) is 5.79. The molecule has 0 saturated carbocycles. The zero-order valence-electron chi connectivity index (χ0n) is 13.7. The maximum absolute atomic E-state index is 13.0. The van der Waals surface area contributed by atoms with Crippen molar-refractivity contribution in [2.75, 3.05) is 6.54 Å². The van der Waals surface area contributed by atoms with Crippen molar-refractivity contribution >= 4 is 29.1 Å². The number of nitro groups is 1. The minimum Gasteiger partial charge on any atom is -0.758 e. The van der Waals surface area contributed by atoms with Gasteiger partial charge in [-0.1, -0.05) is 18.2 Å². The first-order chi connectivity index (χ1) is 11.9. The SMILES string of the molecule is C=CCN=C([S-])[C@H](C(=O)c1cccc([N+](=O)[O-])c1)[n+]1cccc(C)c1. The Morgan fingerprint density at radius 2 is 2.20 bits per heavy atom. The van der Waals surface area contributed by atoms with E-state index < -0.39 is 11.0 Å². The molecule has 1 aromatic carbocycles. The van der Waals surface area contributed by atoms with Gasteiger partial charge in [-0.15, -0.1) is 6.58 Å². The van der Waals surface area contributed by atoms with Gasteiger partial charge in [-0.05, 0) is 18.0 Å². The minimum absolute atomic E-state index is 0.146. The summed E-state index contributed by atoms with van der Waals surface area (Å²) < 4.78 is 1.67. The van der Waals surface area contributed by atoms with Gasteiger partial charge in [0.05, 0.1) is 11.5 Å². The number of benzene rings is 1. The molecule has 0 fully saturated rings. The van der Waals surface area contributed by atoms with Gasteiger partial charge in [0.15, 0.2) is 12.4 Å². The van der Waals surface area contributed by atoms with E-state index in [0.29, 0.717) is 6.54 Å². The molecule has 0 N–H and O–H groups in total. The summed E-state index contributed by atoms with van der Waals surface area (Å²) in [4.78, 5) is 27.6. The second-order valence-electron chi connectivity index (χ2n) is 5.37. The number of nitro benzene ring substituents is 1. The van der Waals surface area contributed by atoms with Crippen LogP contribution < -0.4 is 4.57 Å². The van der Waals surface area contributed by atoms with E-state index in [-0.39, 0.29) is 22.1 Å². The van der Waals surface area contributed by atoms with Crippen LogP contribution in [0.3, 0.4) is 0 Å². The van der Waals surface area contributed by atoms with Gasteiger partial charge in [-0.3, -0.25) is 14.9 Å². The maximum atomic E-state index is 13.0. The molecular formula is C18H17N3O3S. The van der Waals surface area contributed by atoms with E-state index in [9.17, 15) is 14.9 Å². The molecule has 1 atom stereocenters. The van der Waals surface area contributed by atoms with Crippen LogP contribution in [-0.2, 0) is 12.6 Å². The van der Waals surface area contributed by atoms with Crippen LogP contribution >= 0.6 is 0 Å². The van der Waals surface area contributed by atoms with Gasteiger partial charge in [0.1, 0.15) is 0 Å². The highest BCUT2D eigenvalue weighted by Crippen LogP contribution is 2.17. The van der Waals surface area contributed by atoms with Gasteiger partial charge < -0.3 is 17.6 Å². The van der Waals surface area contributed by atoms with E-state index >= 15 is 0 Å². The number of rotatable bonds is 7. The first-order valence-electron chi connectivity index (χ1n) is 7.52. The van der Waals surface area contributed by atoms with E-state index in [2.05, 4.69) is 11.6 Å². The Bertz CT molecular complexity index is 849. The van der Waals surface area contributed by atoms with Crippen LogP contribution in [0.5, 0.6) is 0 Å². The monoisotopic (exact) mass is 355 g/mol. The lowest BCUT2D eigenvalue weighted by molar-refractivity contribution is -0.692. The fraction of sp³-hybridized carbons (Fsp3) is 0.167. The van der Waals surface area contributed by atoms with E-state index in [1.807, 2.05) is 13.0 Å². The van der Waals surface area contributed by atoms with Crippen molar-refractivity contribution in [2.24, 2.45) is 4.99 Å². The topological polar surface area (TPSA) is 76.4 Å². The predicted octanol–water partition coefficient (Wildman–Crippen LogP) is 2.75. The summed E-state index contributed by atoms with van der Waals surface area (Å²) in [5.74, 6) is -0.350. The molecular weight excluding hydrogens is 338 g/mol. The number of carbonyl (C=O) groups excluding carboxylic acids is 1. The summed E-state index contributed by atoms with van der Waals surface area (Å²) >= 11 is 5.34. The highest BCUT2D eigenvalue weighted by molar-refractivity contribution is 7.77. The molecule has 0 aliphatic rings. The van der Waals surface area contributed by atoms with Gasteiger partial charge in [0.2, 0.25) is 11.8 Å². The zero-order valence-corrected chi connectivity index (χ0v) is 14.5. The number of nitrogens with zero attached hydrogens (tertiary/aromatic N) is 3. The highest BCUT2D eigenvalue weighted by Gasteiger charge is 2.29. The number of aromatic nitrogens is 1. The van der Waals surface area contributed by atoms with E-state index in [4.69, 9.17) is 12.6 Å². The van der Waals surface area contributed by atoms with Crippen LogP contribution in [0, 0.1) is 17.0 Å². The van der Waals surface area contributed by atoms with Gasteiger partial charge in [0.25, 0.3) is 5.69 Å². The molecule has 0 saturated heterocycles. The number of ketones is 1. The third kappa shape index (κ3) is 4.54. The summed E-state index contributed by atoms with van der Waals surface area (Å²) in [5.41, 5.74) is 1.02. The number of non-ortho nitro benzene ring substituents is 1. The average Bonchev–Trinajstić information content (AvgIpc) is 2.60. The highest BCUT2D eigenvalue weighted by atomic mass is 32.1. The van der Waals surface area contributed by atoms with Gasteiger partial charge in [-0.25, -0.2) is 0 Å². The molecule has 0 aliphatic carbocycles. The summed E-state index contributed by atoms with van der Waals surface area (Å²) in [6.07, 6.45) is 5.10. The fourth-order valence-electron chi connectivity index (χ4n) is 2.32. The number of Topliss-reactive ketones (excluding diaryl/α,β-unsaturated/α-hetero) is 1. The standard InChI is InChI=1S/C18H17N3O3S/c1-3-9-19-18(25)16(20-10-5-6-13(2)12-20)17(22)14-7-4-8-15(11-14)21(23)24/h3-8,10-12,16H,1,9H2,2H3/t16-/m0/s1. The van der Waals surface area contributed by atoms with Crippen LogP contribution in [0.4, 0.5) is 5.69 Å². The molecule has 2 aromatic rings. The molecule has 0 amide bonds. The lowest BCUT2D eigenvalue weighted by atomic mass is 10.0. The van der Waals surface area contributed by atoms with Crippen molar-refractivity contribution < 1.29 is 14.3 Å². The lowest BCUT2D eigenvalue weighted by Gasteiger charge is -2.18. The Morgan fingerprint density at radius 1 is 1.44 bits per heavy atom. The zero-order chi connectivity index (χ0) is 18.4. The molecule has 128 valence electrons. The van der Waals surface area contributed by atoms with E-state index in [1.165, 1.54) is 24.3 Å². The smallest absolute Gasteiger partial charge is 0.270 e. The number of aryl methyl sites for hydroxylation is 1. The Balaban J connectivity index is 2.51. The molecule has 1 heterocycles. The van der Waals surface area contributed by atoms with Crippen LogP contribution in [-0.4, -0.2) is 22.3 Å². The number of hydrogen-bond donors (Lipinski definition) is 0. The molecule has 7 heteroatoms. The van der Waals surface area contributed by atoms with Crippen LogP contribution in [0.25, 0.3) is 0 Å². The van der Waals surface area contributed by atoms with Crippen molar-refractivity contribution in [1.29, 1.82) is 0 Å². The summed E-state index contributed by atoms with van der Waals surface area (Å²) in [7, 11) is 0. The molecule has 2 rings (SSSR count). The van der Waals surface area contributed by atoms with Gasteiger partial charge in [0, 0.05) is 29.3 Å². The molecule has 0 radical (unpaired) electrons. The molecule has 6 nitrogen and oxygen atoms in total. The quantitative estimate of drug-likeness (QED) is 0.112. The predicted molar refractivity (Wildman–Crippen MR) is 97.7 cm³/mol. The van der Waals surface area contributed by atoms with Crippen molar-refractivity contribution in [1.82, 2.24) is 0 Å². The lowest BCUT2D eigenvalue weighted by Crippen LogP contribution is -2.48. The molecule has 0 aliphatic heterocycles. The third-order valence-electron chi connectivity index (χ3n) is 3.47. The minimum atomic E-state index is -0.850. The second kappa shape index (κ2) is 8.25. The van der Waals surface area contributed by atoms with E-state index in [1.54, 1.807) is 29.1 Å². The first-order valence-corrected chi connectivity index (χ1v) is 7.93. The van der Waals surface area contributed by atoms with Crippen LogP contribution in [0.1, 0.15) is 22.0 Å². The first kappa shape index (κ1) is 18.4. The molecule has 25 heavy (non-hydrogen) atoms. The Morgan fingerprint density at radius 3 is 2.84 bits per heavy atom. The summed E-state index contributed by atoms with van der Waals surface area (Å²) in [6.45, 7) is 5.79. The van der Waals surface area contributed by atoms with Crippen LogP contribution in [0.15, 0.2) is 66.4 Å². The van der Waals surface area contributed by atoms with Gasteiger partial charge in [-0.2, -0.15) is 4.57 Å². The number of carbonyl (C=O) groups is 1. The van der Waals surface area contributed by atoms with Crippen molar-refractivity contribution in [3.05, 3.63) is 82.7 Å². The van der Waals surface area contributed by atoms with E-state index in [0.717, 1.165) is 5.56 Å². The summed E-state index contributed by atoms with van der Waals surface area (Å²) in [5, 5.41) is 11.2. The average molecular weight is 355 g/mol. The normalized spacial score (nSPS) is 12.4. The summed E-state index contributed by atoms with van der Waals surface area (Å²) in [6, 6.07) is 8.46. The molecule has 0 spiro atoms. The van der Waals surface area contributed by atoms with Crippen LogP contribution in [0.2, 0.25) is 0 Å². The van der Waals surface area contributed by atoms with Crippen molar-refractivity contribution in [3.8, 4) is 0 Å². The third-order valence-corrected chi connectivity index (χ3v) is 3.82. The Hall–Kier alpha value is -2.93. The van der Waals surface area contributed by atoms with Gasteiger partial charge >= 0.3 is 0 Å². The number of pyridine rings is 1. The molecule has 1 aromatic heterocycles. The maximum Gasteiger partial charge on any atom is 0.270 e. The Labute approximate surface area is 151 Å². The van der Waals surface area contributed by atoms with Crippen molar-refractivity contribution in [3.63, 3.8) is 0 Å². The molecule has 0 bridgehead atoms.